The summed E-state index contributed by atoms with van der Waals surface area (Å²) in [5.74, 6) is -0.434. The van der Waals surface area contributed by atoms with Crippen LogP contribution < -0.4 is 10.9 Å². The Morgan fingerprint density at radius 2 is 2.14 bits per heavy atom. The standard InChI is InChI=1S/C15H13ClN4O2/c1-9-2-4-12(15(22)18-9)14(21)17-6-11-8-20-7-10(16)3-5-13(20)19-11/h2-5,7-8H,6H2,1H3,(H,17,21)(H,18,22). The molecule has 3 aromatic heterocycles. The molecule has 2 N–H and O–H groups in total. The van der Waals surface area contributed by atoms with Crippen molar-refractivity contribution >= 4 is 23.2 Å². The fourth-order valence-corrected chi connectivity index (χ4v) is 2.29. The molecule has 1 amide bonds. The number of aryl methyl sites for hydroxylation is 1. The fraction of sp³-hybridized carbons (Fsp3) is 0.133. The molecule has 0 saturated carbocycles. The molecule has 6 nitrogen and oxygen atoms in total. The molecule has 0 unspecified atom stereocenters. The van der Waals surface area contributed by atoms with Crippen molar-refractivity contribution in [3.8, 4) is 0 Å². The van der Waals surface area contributed by atoms with Crippen molar-refractivity contribution in [1.29, 1.82) is 0 Å². The second-order valence-corrected chi connectivity index (χ2v) is 5.35. The van der Waals surface area contributed by atoms with Gasteiger partial charge in [-0.05, 0) is 31.2 Å². The predicted molar refractivity (Wildman–Crippen MR) is 83.2 cm³/mol. The summed E-state index contributed by atoms with van der Waals surface area (Å²) >= 11 is 5.91. The third-order valence-electron chi connectivity index (χ3n) is 3.19. The first-order valence-corrected chi connectivity index (χ1v) is 7.02. The lowest BCUT2D eigenvalue weighted by atomic mass is 10.2. The lowest BCUT2D eigenvalue weighted by Gasteiger charge is -2.02. The molecule has 3 rings (SSSR count). The topological polar surface area (TPSA) is 79.3 Å². The van der Waals surface area contributed by atoms with E-state index in [1.807, 2.05) is 0 Å². The summed E-state index contributed by atoms with van der Waals surface area (Å²) in [7, 11) is 0. The summed E-state index contributed by atoms with van der Waals surface area (Å²) in [4.78, 5) is 30.7. The number of carbonyl (C=O) groups is 1. The van der Waals surface area contributed by atoms with Gasteiger partial charge in [0.05, 0.1) is 17.3 Å². The maximum atomic E-state index is 12.0. The number of aromatic nitrogens is 3. The van der Waals surface area contributed by atoms with Gasteiger partial charge in [-0.2, -0.15) is 0 Å². The van der Waals surface area contributed by atoms with Crippen molar-refractivity contribution in [1.82, 2.24) is 19.7 Å². The molecule has 112 valence electrons. The van der Waals surface area contributed by atoms with Crippen LogP contribution in [-0.4, -0.2) is 20.3 Å². The molecule has 22 heavy (non-hydrogen) atoms. The van der Waals surface area contributed by atoms with Crippen LogP contribution in [0.4, 0.5) is 0 Å². The van der Waals surface area contributed by atoms with Crippen LogP contribution in [0, 0.1) is 6.92 Å². The van der Waals surface area contributed by atoms with Gasteiger partial charge >= 0.3 is 0 Å². The van der Waals surface area contributed by atoms with E-state index in [0.717, 1.165) is 5.65 Å². The van der Waals surface area contributed by atoms with Gasteiger partial charge in [-0.25, -0.2) is 4.98 Å². The summed E-state index contributed by atoms with van der Waals surface area (Å²) < 4.78 is 1.78. The third kappa shape index (κ3) is 2.87. The molecule has 0 fully saturated rings. The van der Waals surface area contributed by atoms with E-state index >= 15 is 0 Å². The number of rotatable bonds is 3. The van der Waals surface area contributed by atoms with E-state index < -0.39 is 11.5 Å². The average Bonchev–Trinajstić information content (AvgIpc) is 2.86. The van der Waals surface area contributed by atoms with Crippen LogP contribution in [0.25, 0.3) is 5.65 Å². The Bertz CT molecular complexity index is 913. The third-order valence-corrected chi connectivity index (χ3v) is 3.42. The zero-order chi connectivity index (χ0) is 15.7. The second-order valence-electron chi connectivity index (χ2n) is 4.91. The average molecular weight is 317 g/mol. The van der Waals surface area contributed by atoms with Crippen molar-refractivity contribution < 1.29 is 4.79 Å². The van der Waals surface area contributed by atoms with E-state index in [1.165, 1.54) is 6.07 Å². The Kier molecular flexibility index (Phi) is 3.68. The molecule has 3 aromatic rings. The van der Waals surface area contributed by atoms with Crippen LogP contribution in [0.2, 0.25) is 5.02 Å². The van der Waals surface area contributed by atoms with Gasteiger partial charge < -0.3 is 14.7 Å². The van der Waals surface area contributed by atoms with Crippen molar-refractivity contribution in [2.75, 3.05) is 0 Å². The number of hydrogen-bond donors (Lipinski definition) is 2. The van der Waals surface area contributed by atoms with Gasteiger partial charge in [0, 0.05) is 18.1 Å². The highest BCUT2D eigenvalue weighted by atomic mass is 35.5. The minimum atomic E-state index is -0.434. The molecule has 0 aliphatic carbocycles. The largest absolute Gasteiger partial charge is 0.346 e. The fourth-order valence-electron chi connectivity index (χ4n) is 2.12. The Morgan fingerprint density at radius 3 is 2.91 bits per heavy atom. The zero-order valence-corrected chi connectivity index (χ0v) is 12.5. The van der Waals surface area contributed by atoms with Crippen LogP contribution in [0.3, 0.4) is 0 Å². The van der Waals surface area contributed by atoms with Gasteiger partial charge in [0.2, 0.25) is 0 Å². The lowest BCUT2D eigenvalue weighted by molar-refractivity contribution is 0.0949. The number of H-pyrrole nitrogens is 1. The van der Waals surface area contributed by atoms with E-state index in [4.69, 9.17) is 11.6 Å². The van der Waals surface area contributed by atoms with Gasteiger partial charge in [0.15, 0.2) is 0 Å². The van der Waals surface area contributed by atoms with Crippen molar-refractivity contribution in [2.45, 2.75) is 13.5 Å². The molecule has 0 radical (unpaired) electrons. The summed E-state index contributed by atoms with van der Waals surface area (Å²) in [6.45, 7) is 1.98. The molecule has 0 aliphatic rings. The first-order chi connectivity index (χ1) is 10.5. The van der Waals surface area contributed by atoms with Gasteiger partial charge in [-0.15, -0.1) is 0 Å². The normalized spacial score (nSPS) is 10.8. The van der Waals surface area contributed by atoms with Crippen molar-refractivity contribution in [3.63, 3.8) is 0 Å². The number of carbonyl (C=O) groups excluding carboxylic acids is 1. The highest BCUT2D eigenvalue weighted by molar-refractivity contribution is 6.30. The molecule has 0 aromatic carbocycles. The van der Waals surface area contributed by atoms with Gasteiger partial charge in [-0.1, -0.05) is 11.6 Å². The first kappa shape index (κ1) is 14.3. The van der Waals surface area contributed by atoms with Crippen LogP contribution in [0.5, 0.6) is 0 Å². The van der Waals surface area contributed by atoms with E-state index in [0.29, 0.717) is 16.4 Å². The Balaban J connectivity index is 1.75. The number of nitrogens with zero attached hydrogens (tertiary/aromatic N) is 2. The minimum absolute atomic E-state index is 0.0809. The Hall–Kier alpha value is -2.60. The molecular formula is C15H13ClN4O2. The molecule has 0 atom stereocenters. The van der Waals surface area contributed by atoms with Crippen LogP contribution in [0.1, 0.15) is 21.7 Å². The van der Waals surface area contributed by atoms with E-state index in [1.54, 1.807) is 41.9 Å². The van der Waals surface area contributed by atoms with Crippen LogP contribution >= 0.6 is 11.6 Å². The van der Waals surface area contributed by atoms with Crippen LogP contribution in [-0.2, 0) is 6.54 Å². The number of pyridine rings is 2. The van der Waals surface area contributed by atoms with E-state index in [2.05, 4.69) is 15.3 Å². The summed E-state index contributed by atoms with van der Waals surface area (Å²) in [6, 6.07) is 6.73. The number of hydrogen-bond acceptors (Lipinski definition) is 3. The van der Waals surface area contributed by atoms with Crippen LogP contribution in [0.15, 0.2) is 41.5 Å². The number of aromatic amines is 1. The monoisotopic (exact) mass is 316 g/mol. The SMILES string of the molecule is Cc1ccc(C(=O)NCc2cn3cc(Cl)ccc3n2)c(=O)[nH]1. The van der Waals surface area contributed by atoms with Gasteiger partial charge in [0.25, 0.3) is 11.5 Å². The number of nitrogens with one attached hydrogen (secondary N) is 2. The number of amides is 1. The van der Waals surface area contributed by atoms with Crippen molar-refractivity contribution in [3.05, 3.63) is 69.0 Å². The molecule has 0 bridgehead atoms. The second kappa shape index (κ2) is 5.65. The lowest BCUT2D eigenvalue weighted by Crippen LogP contribution is -2.29. The summed E-state index contributed by atoms with van der Waals surface area (Å²) in [5, 5.41) is 3.29. The molecule has 7 heteroatoms. The number of halogens is 1. The highest BCUT2D eigenvalue weighted by Crippen LogP contribution is 2.11. The summed E-state index contributed by atoms with van der Waals surface area (Å²) in [6.07, 6.45) is 3.51. The molecule has 3 heterocycles. The maximum Gasteiger partial charge on any atom is 0.260 e. The predicted octanol–water partition coefficient (Wildman–Crippen LogP) is 1.91. The quantitative estimate of drug-likeness (QED) is 0.774. The van der Waals surface area contributed by atoms with Gasteiger partial charge in [-0.3, -0.25) is 9.59 Å². The highest BCUT2D eigenvalue weighted by Gasteiger charge is 2.11. The number of imidazole rings is 1. The maximum absolute atomic E-state index is 12.0. The summed E-state index contributed by atoms with van der Waals surface area (Å²) in [5.41, 5.74) is 1.80. The van der Waals surface area contributed by atoms with Gasteiger partial charge in [0.1, 0.15) is 11.2 Å². The zero-order valence-electron chi connectivity index (χ0n) is 11.8. The van der Waals surface area contributed by atoms with Crippen molar-refractivity contribution in [2.24, 2.45) is 0 Å². The molecule has 0 aliphatic heterocycles. The smallest absolute Gasteiger partial charge is 0.260 e. The minimum Gasteiger partial charge on any atom is -0.346 e. The Morgan fingerprint density at radius 1 is 1.32 bits per heavy atom. The molecule has 0 spiro atoms. The molecular weight excluding hydrogens is 304 g/mol. The first-order valence-electron chi connectivity index (χ1n) is 6.64. The van der Waals surface area contributed by atoms with E-state index in [-0.39, 0.29) is 12.1 Å². The number of fused-ring (bicyclic) bond motifs is 1. The Labute approximate surface area is 130 Å². The van der Waals surface area contributed by atoms with E-state index in [9.17, 15) is 9.59 Å². The molecule has 0 saturated heterocycles.